The zero-order valence-electron chi connectivity index (χ0n) is 12.5. The highest BCUT2D eigenvalue weighted by Gasteiger charge is 2.19. The number of benzene rings is 1. The van der Waals surface area contributed by atoms with Gasteiger partial charge in [-0.1, -0.05) is 37.3 Å². The summed E-state index contributed by atoms with van der Waals surface area (Å²) in [5, 5.41) is 13.5. The molecule has 2 aromatic rings. The fraction of sp³-hybridized carbons (Fsp3) is 0.375. The topological polar surface area (TPSA) is 58.4 Å². The first-order chi connectivity index (χ1) is 10.2. The zero-order valence-corrected chi connectivity index (χ0v) is 12.5. The number of aromatic nitrogens is 2. The van der Waals surface area contributed by atoms with E-state index in [2.05, 4.69) is 5.10 Å². The molecule has 112 valence electrons. The van der Waals surface area contributed by atoms with Gasteiger partial charge < -0.3 is 10.0 Å². The third-order valence-corrected chi connectivity index (χ3v) is 3.39. The van der Waals surface area contributed by atoms with Crippen LogP contribution >= 0.6 is 0 Å². The van der Waals surface area contributed by atoms with Gasteiger partial charge >= 0.3 is 0 Å². The van der Waals surface area contributed by atoms with Crippen LogP contribution in [0.5, 0.6) is 0 Å². The number of carbonyl (C=O) groups is 1. The highest BCUT2D eigenvalue weighted by Crippen LogP contribution is 2.11. The van der Waals surface area contributed by atoms with Crippen molar-refractivity contribution in [3.05, 3.63) is 53.3 Å². The molecule has 0 saturated carbocycles. The van der Waals surface area contributed by atoms with Gasteiger partial charge in [0.05, 0.1) is 12.3 Å². The molecule has 1 heterocycles. The summed E-state index contributed by atoms with van der Waals surface area (Å²) >= 11 is 0. The first-order valence-corrected chi connectivity index (χ1v) is 7.12. The highest BCUT2D eigenvalue weighted by atomic mass is 16.3. The molecule has 0 aliphatic heterocycles. The maximum Gasteiger partial charge on any atom is 0.272 e. The maximum absolute atomic E-state index is 12.6. The van der Waals surface area contributed by atoms with E-state index < -0.39 is 0 Å². The molecule has 0 aliphatic rings. The molecule has 2 rings (SSSR count). The molecule has 1 aromatic carbocycles. The van der Waals surface area contributed by atoms with Crippen LogP contribution in [-0.4, -0.2) is 38.8 Å². The number of aliphatic hydroxyl groups excluding tert-OH is 1. The van der Waals surface area contributed by atoms with Gasteiger partial charge in [0.15, 0.2) is 0 Å². The van der Waals surface area contributed by atoms with Gasteiger partial charge in [-0.25, -0.2) is 0 Å². The van der Waals surface area contributed by atoms with Gasteiger partial charge in [0.25, 0.3) is 5.91 Å². The van der Waals surface area contributed by atoms with Crippen LogP contribution in [0.2, 0.25) is 0 Å². The Morgan fingerprint density at radius 2 is 2.05 bits per heavy atom. The first kappa shape index (κ1) is 15.3. The predicted octanol–water partition coefficient (Wildman–Crippen LogP) is 1.62. The Morgan fingerprint density at radius 3 is 2.62 bits per heavy atom. The summed E-state index contributed by atoms with van der Waals surface area (Å²) in [5.41, 5.74) is 2.48. The van der Waals surface area contributed by atoms with Crippen LogP contribution in [0.4, 0.5) is 0 Å². The smallest absolute Gasteiger partial charge is 0.272 e. The summed E-state index contributed by atoms with van der Waals surface area (Å²) in [6.07, 6.45) is 0.791. The number of aryl methyl sites for hydroxylation is 2. The van der Waals surface area contributed by atoms with Crippen LogP contribution in [0.15, 0.2) is 36.4 Å². The van der Waals surface area contributed by atoms with Crippen molar-refractivity contribution >= 4 is 5.91 Å². The van der Waals surface area contributed by atoms with Crippen molar-refractivity contribution in [1.29, 1.82) is 0 Å². The molecule has 0 aliphatic carbocycles. The second-order valence-electron chi connectivity index (χ2n) is 4.93. The summed E-state index contributed by atoms with van der Waals surface area (Å²) in [5.74, 6) is -0.109. The summed E-state index contributed by atoms with van der Waals surface area (Å²) in [7, 11) is 1.77. The van der Waals surface area contributed by atoms with Crippen LogP contribution in [-0.2, 0) is 20.0 Å². The molecule has 0 bridgehead atoms. The normalized spacial score (nSPS) is 10.6. The number of carbonyl (C=O) groups excluding carboxylic acids is 1. The third kappa shape index (κ3) is 3.70. The van der Waals surface area contributed by atoms with E-state index in [1.807, 2.05) is 43.3 Å². The quantitative estimate of drug-likeness (QED) is 0.878. The second-order valence-corrected chi connectivity index (χ2v) is 4.93. The second kappa shape index (κ2) is 7.04. The van der Waals surface area contributed by atoms with Crippen LogP contribution in [0.1, 0.15) is 28.7 Å². The molecule has 0 saturated heterocycles. The molecule has 0 radical (unpaired) electrons. The van der Waals surface area contributed by atoms with Crippen molar-refractivity contribution in [3.8, 4) is 0 Å². The van der Waals surface area contributed by atoms with Gasteiger partial charge in [-0.05, 0) is 18.1 Å². The fourth-order valence-electron chi connectivity index (χ4n) is 2.24. The van der Waals surface area contributed by atoms with Gasteiger partial charge in [0.2, 0.25) is 0 Å². The molecule has 5 heteroatoms. The van der Waals surface area contributed by atoms with Crippen molar-refractivity contribution in [3.63, 3.8) is 0 Å². The minimum atomic E-state index is -0.109. The van der Waals surface area contributed by atoms with Crippen molar-refractivity contribution in [2.24, 2.45) is 7.05 Å². The number of hydrogen-bond acceptors (Lipinski definition) is 3. The fourth-order valence-corrected chi connectivity index (χ4v) is 2.24. The number of rotatable bonds is 6. The Balaban J connectivity index is 2.20. The number of nitrogens with zero attached hydrogens (tertiary/aromatic N) is 3. The van der Waals surface area contributed by atoms with E-state index in [0.717, 1.165) is 17.7 Å². The Hall–Kier alpha value is -2.14. The molecular weight excluding hydrogens is 266 g/mol. The molecule has 1 N–H and O–H groups in total. The molecular formula is C16H21N3O2. The molecule has 0 unspecified atom stereocenters. The van der Waals surface area contributed by atoms with E-state index >= 15 is 0 Å². The van der Waals surface area contributed by atoms with Crippen LogP contribution < -0.4 is 0 Å². The van der Waals surface area contributed by atoms with E-state index in [-0.39, 0.29) is 12.5 Å². The average Bonchev–Trinajstić information content (AvgIpc) is 2.88. The van der Waals surface area contributed by atoms with Crippen molar-refractivity contribution in [2.45, 2.75) is 19.9 Å². The van der Waals surface area contributed by atoms with E-state index in [4.69, 9.17) is 0 Å². The van der Waals surface area contributed by atoms with Gasteiger partial charge in [0, 0.05) is 20.1 Å². The molecule has 5 nitrogen and oxygen atoms in total. The summed E-state index contributed by atoms with van der Waals surface area (Å²) in [4.78, 5) is 14.3. The van der Waals surface area contributed by atoms with Crippen LogP contribution in [0.25, 0.3) is 0 Å². The Labute approximate surface area is 124 Å². The van der Waals surface area contributed by atoms with Crippen LogP contribution in [0.3, 0.4) is 0 Å². The predicted molar refractivity (Wildman–Crippen MR) is 80.9 cm³/mol. The standard InChI is InChI=1S/C16H21N3O2/c1-3-14-11-15(18(2)17-14)16(21)19(9-10-20)12-13-7-5-4-6-8-13/h4-8,11,20H,3,9-10,12H2,1-2H3. The lowest BCUT2D eigenvalue weighted by molar-refractivity contribution is 0.0696. The third-order valence-electron chi connectivity index (χ3n) is 3.39. The SMILES string of the molecule is CCc1cc(C(=O)N(CCO)Cc2ccccc2)n(C)n1. The lowest BCUT2D eigenvalue weighted by Gasteiger charge is -2.21. The van der Waals surface area contributed by atoms with Gasteiger partial charge in [0.1, 0.15) is 5.69 Å². The van der Waals surface area contributed by atoms with E-state index in [9.17, 15) is 9.90 Å². The molecule has 0 spiro atoms. The molecule has 1 amide bonds. The monoisotopic (exact) mass is 287 g/mol. The molecule has 1 aromatic heterocycles. The van der Waals surface area contributed by atoms with Crippen molar-refractivity contribution in [2.75, 3.05) is 13.2 Å². The van der Waals surface area contributed by atoms with Gasteiger partial charge in [-0.2, -0.15) is 5.10 Å². The lowest BCUT2D eigenvalue weighted by Crippen LogP contribution is -2.34. The highest BCUT2D eigenvalue weighted by molar-refractivity contribution is 5.92. The molecule has 21 heavy (non-hydrogen) atoms. The number of hydrogen-bond donors (Lipinski definition) is 1. The average molecular weight is 287 g/mol. The van der Waals surface area contributed by atoms with E-state index in [1.54, 1.807) is 16.6 Å². The maximum atomic E-state index is 12.6. The summed E-state index contributed by atoms with van der Waals surface area (Å²) < 4.78 is 1.61. The minimum Gasteiger partial charge on any atom is -0.395 e. The summed E-state index contributed by atoms with van der Waals surface area (Å²) in [6.45, 7) is 2.73. The Morgan fingerprint density at radius 1 is 1.33 bits per heavy atom. The first-order valence-electron chi connectivity index (χ1n) is 7.12. The summed E-state index contributed by atoms with van der Waals surface area (Å²) in [6, 6.07) is 11.6. The van der Waals surface area contributed by atoms with E-state index in [1.165, 1.54) is 0 Å². The van der Waals surface area contributed by atoms with Crippen molar-refractivity contribution in [1.82, 2.24) is 14.7 Å². The largest absolute Gasteiger partial charge is 0.395 e. The van der Waals surface area contributed by atoms with Crippen LogP contribution in [0, 0.1) is 0 Å². The Kier molecular flexibility index (Phi) is 5.11. The zero-order chi connectivity index (χ0) is 15.2. The van der Waals surface area contributed by atoms with Crippen molar-refractivity contribution < 1.29 is 9.90 Å². The Bertz CT molecular complexity index is 593. The number of aliphatic hydroxyl groups is 1. The minimum absolute atomic E-state index is 0.0585. The van der Waals surface area contributed by atoms with Gasteiger partial charge in [-0.3, -0.25) is 9.48 Å². The lowest BCUT2D eigenvalue weighted by atomic mass is 10.2. The molecule has 0 atom stereocenters. The van der Waals surface area contributed by atoms with E-state index in [0.29, 0.717) is 18.8 Å². The number of amides is 1. The molecule has 0 fully saturated rings. The van der Waals surface area contributed by atoms with Gasteiger partial charge in [-0.15, -0.1) is 0 Å².